The molecule has 1 amide bonds. The number of sulfonamides is 1. The van der Waals surface area contributed by atoms with Gasteiger partial charge in [-0.15, -0.1) is 0 Å². The molecule has 0 bridgehead atoms. The quantitative estimate of drug-likeness (QED) is 0.876. The number of hydrogen-bond acceptors (Lipinski definition) is 4. The maximum absolute atomic E-state index is 12.2. The Morgan fingerprint density at radius 1 is 1.35 bits per heavy atom. The highest BCUT2D eigenvalue weighted by atomic mass is 32.2. The number of carbonyl (C=O) groups excluding carboxylic acids is 1. The Morgan fingerprint density at radius 3 is 2.52 bits per heavy atom. The van der Waals surface area contributed by atoms with E-state index in [-0.39, 0.29) is 11.8 Å². The van der Waals surface area contributed by atoms with Crippen molar-refractivity contribution in [1.29, 1.82) is 0 Å². The summed E-state index contributed by atoms with van der Waals surface area (Å²) in [5.74, 6) is 0.701. The molecule has 1 saturated heterocycles. The molecule has 0 spiro atoms. The largest absolute Gasteiger partial charge is 0.496 e. The predicted molar refractivity (Wildman–Crippen MR) is 88.7 cm³/mol. The van der Waals surface area contributed by atoms with Crippen LogP contribution < -0.4 is 10.1 Å². The fourth-order valence-corrected chi connectivity index (χ4v) is 3.71. The van der Waals surface area contributed by atoms with Gasteiger partial charge in [-0.2, -0.15) is 0 Å². The van der Waals surface area contributed by atoms with Gasteiger partial charge in [-0.25, -0.2) is 12.7 Å². The van der Waals surface area contributed by atoms with Gasteiger partial charge in [-0.05, 0) is 37.0 Å². The van der Waals surface area contributed by atoms with Gasteiger partial charge >= 0.3 is 0 Å². The molecule has 0 atom stereocenters. The van der Waals surface area contributed by atoms with Crippen LogP contribution >= 0.6 is 0 Å². The van der Waals surface area contributed by atoms with Crippen molar-refractivity contribution in [3.8, 4) is 5.75 Å². The van der Waals surface area contributed by atoms with Crippen LogP contribution in [0.1, 0.15) is 24.0 Å². The Hall–Kier alpha value is -1.60. The second-order valence-electron chi connectivity index (χ2n) is 5.96. The van der Waals surface area contributed by atoms with E-state index >= 15 is 0 Å². The zero-order chi connectivity index (χ0) is 17.0. The van der Waals surface area contributed by atoms with Crippen LogP contribution in [0.2, 0.25) is 0 Å². The molecule has 1 fully saturated rings. The molecule has 0 radical (unpaired) electrons. The van der Waals surface area contributed by atoms with Gasteiger partial charge in [0, 0.05) is 25.6 Å². The van der Waals surface area contributed by atoms with Crippen LogP contribution in [0.3, 0.4) is 0 Å². The van der Waals surface area contributed by atoms with Gasteiger partial charge < -0.3 is 10.1 Å². The number of amides is 1. The van der Waals surface area contributed by atoms with Crippen molar-refractivity contribution < 1.29 is 17.9 Å². The number of piperidine rings is 1. The van der Waals surface area contributed by atoms with Crippen LogP contribution in [-0.2, 0) is 21.4 Å². The highest BCUT2D eigenvalue weighted by Gasteiger charge is 2.28. The molecule has 1 heterocycles. The summed E-state index contributed by atoms with van der Waals surface area (Å²) < 4.78 is 29.6. The van der Waals surface area contributed by atoms with Gasteiger partial charge in [0.05, 0.1) is 13.4 Å². The van der Waals surface area contributed by atoms with Crippen molar-refractivity contribution in [3.05, 3.63) is 29.3 Å². The Balaban J connectivity index is 1.85. The molecule has 1 aromatic rings. The molecule has 0 aliphatic carbocycles. The van der Waals surface area contributed by atoms with Crippen LogP contribution in [0.5, 0.6) is 5.75 Å². The molecule has 0 unspecified atom stereocenters. The average molecular weight is 340 g/mol. The van der Waals surface area contributed by atoms with Crippen molar-refractivity contribution in [2.45, 2.75) is 26.3 Å². The summed E-state index contributed by atoms with van der Waals surface area (Å²) >= 11 is 0. The second kappa shape index (κ2) is 7.31. The van der Waals surface area contributed by atoms with Crippen molar-refractivity contribution in [1.82, 2.24) is 9.62 Å². The molecule has 1 aliphatic rings. The Kier molecular flexibility index (Phi) is 5.64. The van der Waals surface area contributed by atoms with Crippen molar-refractivity contribution in [2.75, 3.05) is 26.5 Å². The van der Waals surface area contributed by atoms with Crippen molar-refractivity contribution in [3.63, 3.8) is 0 Å². The lowest BCUT2D eigenvalue weighted by molar-refractivity contribution is -0.126. The summed E-state index contributed by atoms with van der Waals surface area (Å²) in [6, 6.07) is 5.81. The zero-order valence-corrected chi connectivity index (χ0v) is 14.6. The van der Waals surface area contributed by atoms with E-state index in [0.29, 0.717) is 32.5 Å². The lowest BCUT2D eigenvalue weighted by Gasteiger charge is -2.29. The van der Waals surface area contributed by atoms with E-state index < -0.39 is 10.0 Å². The number of nitrogens with one attached hydrogen (secondary N) is 1. The standard InChI is InChI=1S/C16H24N2O4S/c1-12-10-13(4-5-15(12)22-2)11-17-16(19)14-6-8-18(9-7-14)23(3,20)21/h4-5,10,14H,6-9,11H2,1-3H3,(H,17,19). The SMILES string of the molecule is COc1ccc(CNC(=O)C2CCN(S(C)(=O)=O)CC2)cc1C. The Morgan fingerprint density at radius 2 is 2.00 bits per heavy atom. The molecule has 0 saturated carbocycles. The van der Waals surface area contributed by atoms with Gasteiger partial charge in [0.15, 0.2) is 0 Å². The highest BCUT2D eigenvalue weighted by Crippen LogP contribution is 2.20. The molecule has 2 rings (SSSR count). The fourth-order valence-electron chi connectivity index (χ4n) is 2.83. The van der Waals surface area contributed by atoms with Crippen LogP contribution in [0.15, 0.2) is 18.2 Å². The number of rotatable bonds is 5. The normalized spacial score (nSPS) is 17.0. The number of methoxy groups -OCH3 is 1. The number of ether oxygens (including phenoxy) is 1. The van der Waals surface area contributed by atoms with E-state index in [9.17, 15) is 13.2 Å². The van der Waals surface area contributed by atoms with E-state index in [1.54, 1.807) is 7.11 Å². The first-order valence-corrected chi connectivity index (χ1v) is 9.52. The van der Waals surface area contributed by atoms with Crippen LogP contribution in [-0.4, -0.2) is 45.1 Å². The van der Waals surface area contributed by atoms with Crippen molar-refractivity contribution >= 4 is 15.9 Å². The summed E-state index contributed by atoms with van der Waals surface area (Å²) in [5, 5.41) is 2.94. The summed E-state index contributed by atoms with van der Waals surface area (Å²) in [6.45, 7) is 3.26. The molecule has 1 aromatic carbocycles. The molecule has 7 heteroatoms. The van der Waals surface area contributed by atoms with Gasteiger partial charge in [0.1, 0.15) is 5.75 Å². The minimum atomic E-state index is -3.15. The monoisotopic (exact) mass is 340 g/mol. The minimum absolute atomic E-state index is 0.00776. The van der Waals surface area contributed by atoms with E-state index in [1.165, 1.54) is 10.6 Å². The average Bonchev–Trinajstić information content (AvgIpc) is 2.52. The molecular formula is C16H24N2O4S. The van der Waals surface area contributed by atoms with Crippen LogP contribution in [0.25, 0.3) is 0 Å². The summed E-state index contributed by atoms with van der Waals surface area (Å²) in [4.78, 5) is 12.2. The fraction of sp³-hybridized carbons (Fsp3) is 0.562. The third-order valence-electron chi connectivity index (χ3n) is 4.22. The lowest BCUT2D eigenvalue weighted by atomic mass is 9.97. The number of aryl methyl sites for hydroxylation is 1. The topological polar surface area (TPSA) is 75.7 Å². The molecule has 6 nitrogen and oxygen atoms in total. The zero-order valence-electron chi connectivity index (χ0n) is 13.8. The molecule has 1 aliphatic heterocycles. The number of nitrogens with zero attached hydrogens (tertiary/aromatic N) is 1. The van der Waals surface area contributed by atoms with Gasteiger partial charge in [-0.3, -0.25) is 4.79 Å². The third kappa shape index (κ3) is 4.68. The first kappa shape index (κ1) is 17.7. The Labute approximate surface area is 137 Å². The summed E-state index contributed by atoms with van der Waals surface area (Å²) in [6.07, 6.45) is 2.35. The van der Waals surface area contributed by atoms with Gasteiger partial charge in [0.2, 0.25) is 15.9 Å². The van der Waals surface area contributed by atoms with Gasteiger partial charge in [-0.1, -0.05) is 12.1 Å². The predicted octanol–water partition coefficient (Wildman–Crippen LogP) is 1.29. The number of benzene rings is 1. The van der Waals surface area contributed by atoms with Crippen LogP contribution in [0.4, 0.5) is 0 Å². The van der Waals surface area contributed by atoms with E-state index in [4.69, 9.17) is 4.74 Å². The first-order chi connectivity index (χ1) is 10.8. The third-order valence-corrected chi connectivity index (χ3v) is 5.52. The summed E-state index contributed by atoms with van der Waals surface area (Å²) in [7, 11) is -1.52. The number of carbonyl (C=O) groups is 1. The van der Waals surface area contributed by atoms with Crippen molar-refractivity contribution in [2.24, 2.45) is 5.92 Å². The molecule has 23 heavy (non-hydrogen) atoms. The second-order valence-corrected chi connectivity index (χ2v) is 7.94. The van der Waals surface area contributed by atoms with Gasteiger partial charge in [0.25, 0.3) is 0 Å². The maximum Gasteiger partial charge on any atom is 0.223 e. The maximum atomic E-state index is 12.2. The molecule has 128 valence electrons. The van der Waals surface area contributed by atoms with E-state index in [0.717, 1.165) is 16.9 Å². The smallest absolute Gasteiger partial charge is 0.223 e. The van der Waals surface area contributed by atoms with Crippen LogP contribution in [0, 0.1) is 12.8 Å². The molecule has 0 aromatic heterocycles. The molecule has 1 N–H and O–H groups in total. The van der Waals surface area contributed by atoms with E-state index in [2.05, 4.69) is 5.32 Å². The highest BCUT2D eigenvalue weighted by molar-refractivity contribution is 7.88. The molecular weight excluding hydrogens is 316 g/mol. The minimum Gasteiger partial charge on any atom is -0.496 e. The lowest BCUT2D eigenvalue weighted by Crippen LogP contribution is -2.42. The van der Waals surface area contributed by atoms with E-state index in [1.807, 2.05) is 25.1 Å². The summed E-state index contributed by atoms with van der Waals surface area (Å²) in [5.41, 5.74) is 2.05. The first-order valence-electron chi connectivity index (χ1n) is 7.67. The Bertz CT molecular complexity index is 665. The number of hydrogen-bond donors (Lipinski definition) is 1.